The summed E-state index contributed by atoms with van der Waals surface area (Å²) in [5.74, 6) is -0.431. The lowest BCUT2D eigenvalue weighted by Crippen LogP contribution is -2.28. The normalized spacial score (nSPS) is 16.5. The number of benzene rings is 2. The van der Waals surface area contributed by atoms with Crippen molar-refractivity contribution in [2.24, 2.45) is 0 Å². The van der Waals surface area contributed by atoms with Crippen molar-refractivity contribution in [3.63, 3.8) is 0 Å². The maximum Gasteiger partial charge on any atom is 0.255 e. The van der Waals surface area contributed by atoms with Gasteiger partial charge in [0.1, 0.15) is 0 Å². The summed E-state index contributed by atoms with van der Waals surface area (Å²) in [4.78, 5) is 51.1. The average molecular weight is 405 g/mol. The molecule has 0 unspecified atom stereocenters. The van der Waals surface area contributed by atoms with Gasteiger partial charge in [-0.3, -0.25) is 24.1 Å². The van der Waals surface area contributed by atoms with Crippen molar-refractivity contribution in [3.05, 3.63) is 59.2 Å². The Kier molecular flexibility index (Phi) is 5.35. The molecule has 0 spiro atoms. The van der Waals surface area contributed by atoms with E-state index in [1.165, 1.54) is 4.90 Å². The number of imide groups is 1. The average Bonchev–Trinajstić information content (AvgIpc) is 3.29. The molecule has 0 radical (unpaired) electrons. The van der Waals surface area contributed by atoms with Crippen LogP contribution in [0.1, 0.15) is 47.2 Å². The summed E-state index contributed by atoms with van der Waals surface area (Å²) >= 11 is 0. The van der Waals surface area contributed by atoms with E-state index in [1.807, 2.05) is 19.1 Å². The summed E-state index contributed by atoms with van der Waals surface area (Å²) in [6.45, 7) is 2.88. The largest absolute Gasteiger partial charge is 0.322 e. The van der Waals surface area contributed by atoms with Crippen LogP contribution in [0.3, 0.4) is 0 Å². The van der Waals surface area contributed by atoms with Gasteiger partial charge in [-0.25, -0.2) is 0 Å². The topological polar surface area (TPSA) is 86.8 Å². The van der Waals surface area contributed by atoms with Crippen molar-refractivity contribution in [1.29, 1.82) is 0 Å². The van der Waals surface area contributed by atoms with Gasteiger partial charge >= 0.3 is 0 Å². The first kappa shape index (κ1) is 19.8. The van der Waals surface area contributed by atoms with Gasteiger partial charge in [-0.15, -0.1) is 0 Å². The Morgan fingerprint density at radius 2 is 1.63 bits per heavy atom. The van der Waals surface area contributed by atoms with Gasteiger partial charge in [0, 0.05) is 42.7 Å². The molecule has 154 valence electrons. The maximum atomic E-state index is 12.6. The first-order valence-electron chi connectivity index (χ1n) is 10.1. The molecular formula is C23H23N3O4. The minimum absolute atomic E-state index is 0.132. The van der Waals surface area contributed by atoms with Crippen molar-refractivity contribution in [2.75, 3.05) is 16.8 Å². The maximum absolute atomic E-state index is 12.6. The smallest absolute Gasteiger partial charge is 0.255 e. The first-order valence-corrected chi connectivity index (χ1v) is 10.1. The van der Waals surface area contributed by atoms with Crippen LogP contribution in [0.4, 0.5) is 11.4 Å². The predicted molar refractivity (Wildman–Crippen MR) is 112 cm³/mol. The van der Waals surface area contributed by atoms with E-state index in [-0.39, 0.29) is 43.0 Å². The van der Waals surface area contributed by atoms with E-state index in [0.717, 1.165) is 29.8 Å². The number of anilines is 2. The van der Waals surface area contributed by atoms with Gasteiger partial charge in [-0.1, -0.05) is 12.1 Å². The van der Waals surface area contributed by atoms with E-state index in [2.05, 4.69) is 5.32 Å². The second-order valence-electron chi connectivity index (χ2n) is 7.67. The Bertz CT molecular complexity index is 1010. The fourth-order valence-corrected chi connectivity index (χ4v) is 3.89. The number of likely N-dealkylation sites (tertiary alicyclic amines) is 1. The molecule has 2 aromatic rings. The Morgan fingerprint density at radius 3 is 2.23 bits per heavy atom. The molecule has 2 aliphatic rings. The minimum Gasteiger partial charge on any atom is -0.322 e. The second kappa shape index (κ2) is 8.10. The van der Waals surface area contributed by atoms with Gasteiger partial charge in [0.2, 0.25) is 17.7 Å². The van der Waals surface area contributed by atoms with Crippen molar-refractivity contribution < 1.29 is 19.2 Å². The summed E-state index contributed by atoms with van der Waals surface area (Å²) in [5, 5.41) is 2.87. The molecule has 0 atom stereocenters. The van der Waals surface area contributed by atoms with Crippen molar-refractivity contribution in [3.8, 4) is 0 Å². The molecule has 1 N–H and O–H groups in total. The number of hydrogen-bond acceptors (Lipinski definition) is 4. The van der Waals surface area contributed by atoms with E-state index >= 15 is 0 Å². The first-order chi connectivity index (χ1) is 14.4. The third-order valence-electron chi connectivity index (χ3n) is 5.53. The quantitative estimate of drug-likeness (QED) is 0.775. The number of amides is 4. The van der Waals surface area contributed by atoms with Crippen LogP contribution in [-0.4, -0.2) is 35.1 Å². The zero-order chi connectivity index (χ0) is 21.3. The molecule has 2 heterocycles. The molecule has 0 bridgehead atoms. The number of carbonyl (C=O) groups excluding carboxylic acids is 4. The van der Waals surface area contributed by atoms with Gasteiger partial charge in [0.05, 0.1) is 6.54 Å². The minimum atomic E-state index is -0.251. The number of hydrogen-bond donors (Lipinski definition) is 1. The van der Waals surface area contributed by atoms with Crippen LogP contribution in [0.25, 0.3) is 0 Å². The van der Waals surface area contributed by atoms with Crippen LogP contribution in [0.15, 0.2) is 42.5 Å². The molecule has 0 aromatic heterocycles. The van der Waals surface area contributed by atoms with Gasteiger partial charge in [-0.2, -0.15) is 0 Å². The molecule has 4 amide bonds. The second-order valence-corrected chi connectivity index (χ2v) is 7.67. The molecule has 2 aliphatic heterocycles. The molecule has 7 nitrogen and oxygen atoms in total. The number of nitrogens with zero attached hydrogens (tertiary/aromatic N) is 2. The number of nitrogens with one attached hydrogen (secondary N) is 1. The Morgan fingerprint density at radius 1 is 0.933 bits per heavy atom. The zero-order valence-corrected chi connectivity index (χ0v) is 16.8. The number of rotatable bonds is 5. The summed E-state index contributed by atoms with van der Waals surface area (Å²) in [6, 6.07) is 12.4. The van der Waals surface area contributed by atoms with E-state index in [1.54, 1.807) is 35.2 Å². The fraction of sp³-hybridized carbons (Fsp3) is 0.304. The van der Waals surface area contributed by atoms with Crippen LogP contribution in [-0.2, 0) is 20.9 Å². The summed E-state index contributed by atoms with van der Waals surface area (Å²) in [5.41, 5.74) is 3.74. The van der Waals surface area contributed by atoms with Crippen molar-refractivity contribution in [2.45, 2.75) is 39.2 Å². The third-order valence-corrected chi connectivity index (χ3v) is 5.53. The summed E-state index contributed by atoms with van der Waals surface area (Å²) in [7, 11) is 0. The number of carbonyl (C=O) groups is 4. The van der Waals surface area contributed by atoms with Gasteiger partial charge in [-0.05, 0) is 54.8 Å². The standard InChI is InChI=1S/C23H23N3O4/c1-15-13-18(8-9-19(15)25-12-2-3-20(25)27)24-23(30)17-6-4-16(5-7-17)14-26-21(28)10-11-22(26)29/h4-9,13H,2-3,10-12,14H2,1H3,(H,24,30). The lowest BCUT2D eigenvalue weighted by molar-refractivity contribution is -0.139. The highest BCUT2D eigenvalue weighted by Crippen LogP contribution is 2.27. The van der Waals surface area contributed by atoms with E-state index in [4.69, 9.17) is 0 Å². The van der Waals surface area contributed by atoms with Crippen LogP contribution in [0.5, 0.6) is 0 Å². The molecule has 0 aliphatic carbocycles. The lowest BCUT2D eigenvalue weighted by Gasteiger charge is -2.19. The summed E-state index contributed by atoms with van der Waals surface area (Å²) in [6.07, 6.45) is 1.98. The lowest BCUT2D eigenvalue weighted by atomic mass is 10.1. The van der Waals surface area contributed by atoms with Crippen LogP contribution in [0, 0.1) is 6.92 Å². The molecule has 4 rings (SSSR count). The zero-order valence-electron chi connectivity index (χ0n) is 16.8. The fourth-order valence-electron chi connectivity index (χ4n) is 3.89. The molecule has 2 fully saturated rings. The van der Waals surface area contributed by atoms with Gasteiger partial charge < -0.3 is 10.2 Å². The highest BCUT2D eigenvalue weighted by atomic mass is 16.2. The molecule has 0 saturated carbocycles. The Labute approximate surface area is 174 Å². The van der Waals surface area contributed by atoms with Crippen LogP contribution >= 0.6 is 0 Å². The number of aryl methyl sites for hydroxylation is 1. The van der Waals surface area contributed by atoms with Gasteiger partial charge in [0.25, 0.3) is 5.91 Å². The highest BCUT2D eigenvalue weighted by Gasteiger charge is 2.28. The summed E-state index contributed by atoms with van der Waals surface area (Å²) < 4.78 is 0. The van der Waals surface area contributed by atoms with Crippen molar-refractivity contribution >= 4 is 35.0 Å². The SMILES string of the molecule is Cc1cc(NC(=O)c2ccc(CN3C(=O)CCC3=O)cc2)ccc1N1CCCC1=O. The third kappa shape index (κ3) is 3.96. The molecule has 30 heavy (non-hydrogen) atoms. The van der Waals surface area contributed by atoms with Crippen LogP contribution in [0.2, 0.25) is 0 Å². The van der Waals surface area contributed by atoms with E-state index in [0.29, 0.717) is 17.7 Å². The van der Waals surface area contributed by atoms with Crippen LogP contribution < -0.4 is 10.2 Å². The monoisotopic (exact) mass is 405 g/mol. The van der Waals surface area contributed by atoms with E-state index < -0.39 is 0 Å². The van der Waals surface area contributed by atoms with Gasteiger partial charge in [0.15, 0.2) is 0 Å². The van der Waals surface area contributed by atoms with E-state index in [9.17, 15) is 19.2 Å². The predicted octanol–water partition coefficient (Wildman–Crippen LogP) is 3.02. The molecule has 2 saturated heterocycles. The van der Waals surface area contributed by atoms with Crippen molar-refractivity contribution in [1.82, 2.24) is 4.90 Å². The molecule has 7 heteroatoms. The molecule has 2 aromatic carbocycles. The molecular weight excluding hydrogens is 382 g/mol. The Hall–Kier alpha value is -3.48. The Balaban J connectivity index is 1.41. The highest BCUT2D eigenvalue weighted by molar-refractivity contribution is 6.05.